The van der Waals surface area contributed by atoms with Crippen LogP contribution >= 0.6 is 11.3 Å². The minimum atomic E-state index is 0.104. The number of rotatable bonds is 4. The first-order chi connectivity index (χ1) is 12.2. The molecule has 0 spiro atoms. The molecule has 0 radical (unpaired) electrons. The number of nitrogens with zero attached hydrogens (tertiary/aromatic N) is 5. The Hall–Kier alpha value is -1.80. The van der Waals surface area contributed by atoms with E-state index in [9.17, 15) is 4.79 Å². The van der Waals surface area contributed by atoms with Crippen molar-refractivity contribution < 1.29 is 9.21 Å². The third-order valence-corrected chi connectivity index (χ3v) is 6.03. The van der Waals surface area contributed by atoms with E-state index >= 15 is 0 Å². The molecule has 0 N–H and O–H groups in total. The summed E-state index contributed by atoms with van der Waals surface area (Å²) in [5.41, 5.74) is 2.56. The Labute approximate surface area is 151 Å². The van der Waals surface area contributed by atoms with Gasteiger partial charge < -0.3 is 9.32 Å². The second kappa shape index (κ2) is 7.21. The fraction of sp³-hybridized carbons (Fsp3) is 0.647. The molecule has 0 bridgehead atoms. The Bertz CT molecular complexity index is 739. The molecule has 2 aromatic rings. The summed E-state index contributed by atoms with van der Waals surface area (Å²) in [5.74, 6) is 2.07. The predicted molar refractivity (Wildman–Crippen MR) is 93.5 cm³/mol. The average Bonchev–Trinajstić information content (AvgIpc) is 3.10. The summed E-state index contributed by atoms with van der Waals surface area (Å²) in [7, 11) is 0. The zero-order valence-electron chi connectivity index (χ0n) is 14.5. The van der Waals surface area contributed by atoms with Gasteiger partial charge in [0.15, 0.2) is 0 Å². The fourth-order valence-corrected chi connectivity index (χ4v) is 4.09. The summed E-state index contributed by atoms with van der Waals surface area (Å²) in [6.07, 6.45) is 4.55. The highest BCUT2D eigenvalue weighted by Crippen LogP contribution is 2.35. The van der Waals surface area contributed by atoms with Gasteiger partial charge in [-0.25, -0.2) is 4.98 Å². The van der Waals surface area contributed by atoms with E-state index in [4.69, 9.17) is 4.42 Å². The first kappa shape index (κ1) is 16.7. The highest BCUT2D eigenvalue weighted by atomic mass is 32.1. The maximum Gasteiger partial charge on any atom is 0.265 e. The van der Waals surface area contributed by atoms with E-state index in [1.807, 2.05) is 11.8 Å². The largest absolute Gasteiger partial charge is 0.424 e. The van der Waals surface area contributed by atoms with Crippen molar-refractivity contribution in [3.63, 3.8) is 0 Å². The maximum atomic E-state index is 12.7. The van der Waals surface area contributed by atoms with Gasteiger partial charge >= 0.3 is 0 Å². The summed E-state index contributed by atoms with van der Waals surface area (Å²) in [4.78, 5) is 21.8. The Morgan fingerprint density at radius 2 is 2.12 bits per heavy atom. The normalized spacial score (nSPS) is 19.6. The van der Waals surface area contributed by atoms with Crippen molar-refractivity contribution in [1.29, 1.82) is 0 Å². The van der Waals surface area contributed by atoms with E-state index in [-0.39, 0.29) is 5.91 Å². The lowest BCUT2D eigenvalue weighted by Crippen LogP contribution is -2.35. The lowest BCUT2D eigenvalue weighted by Gasteiger charge is -2.21. The van der Waals surface area contributed by atoms with Crippen molar-refractivity contribution in [3.8, 4) is 0 Å². The Morgan fingerprint density at radius 3 is 2.84 bits per heavy atom. The monoisotopic (exact) mass is 361 g/mol. The van der Waals surface area contributed by atoms with Crippen LogP contribution in [0, 0.1) is 6.92 Å². The Kier molecular flexibility index (Phi) is 4.80. The standard InChI is InChI=1S/C17H23N5O2S/c1-12-15(25-11-18-12)17(23)22-7-3-6-21(8-9-22)10-14-19-20-16(24-14)13-4-2-5-13/h11,13H,2-10H2,1H3. The van der Waals surface area contributed by atoms with Gasteiger partial charge in [0.2, 0.25) is 11.8 Å². The minimum Gasteiger partial charge on any atom is -0.424 e. The molecule has 8 heteroatoms. The van der Waals surface area contributed by atoms with Crippen LogP contribution in [0.1, 0.15) is 58.7 Å². The van der Waals surface area contributed by atoms with Crippen LogP contribution in [0.2, 0.25) is 0 Å². The summed E-state index contributed by atoms with van der Waals surface area (Å²) < 4.78 is 5.83. The van der Waals surface area contributed by atoms with Crippen LogP contribution in [0.5, 0.6) is 0 Å². The molecule has 7 nitrogen and oxygen atoms in total. The Morgan fingerprint density at radius 1 is 1.24 bits per heavy atom. The van der Waals surface area contributed by atoms with E-state index in [0.717, 1.165) is 49.1 Å². The van der Waals surface area contributed by atoms with Gasteiger partial charge in [-0.3, -0.25) is 9.69 Å². The molecule has 2 fully saturated rings. The summed E-state index contributed by atoms with van der Waals surface area (Å²) in [6, 6.07) is 0. The van der Waals surface area contributed by atoms with E-state index in [2.05, 4.69) is 20.1 Å². The molecule has 1 aliphatic carbocycles. The summed E-state index contributed by atoms with van der Waals surface area (Å²) in [6.45, 7) is 5.82. The minimum absolute atomic E-state index is 0.104. The van der Waals surface area contributed by atoms with Crippen molar-refractivity contribution in [3.05, 3.63) is 27.9 Å². The molecule has 134 valence electrons. The van der Waals surface area contributed by atoms with E-state index in [1.165, 1.54) is 30.6 Å². The highest BCUT2D eigenvalue weighted by molar-refractivity contribution is 7.11. The number of hydrogen-bond acceptors (Lipinski definition) is 7. The van der Waals surface area contributed by atoms with Gasteiger partial charge in [-0.05, 0) is 26.2 Å². The van der Waals surface area contributed by atoms with Gasteiger partial charge in [0, 0.05) is 32.1 Å². The van der Waals surface area contributed by atoms with Crippen LogP contribution in [0.25, 0.3) is 0 Å². The van der Waals surface area contributed by atoms with Crippen LogP contribution in [0.4, 0.5) is 0 Å². The van der Waals surface area contributed by atoms with Crippen molar-refractivity contribution in [1.82, 2.24) is 25.0 Å². The molecular formula is C17H23N5O2S. The molecule has 1 aliphatic heterocycles. The number of thiazole rings is 1. The smallest absolute Gasteiger partial charge is 0.265 e. The van der Waals surface area contributed by atoms with E-state index in [0.29, 0.717) is 18.4 Å². The van der Waals surface area contributed by atoms with Gasteiger partial charge in [-0.2, -0.15) is 0 Å². The SMILES string of the molecule is Cc1ncsc1C(=O)N1CCCN(Cc2nnc(C3CCC3)o2)CC1. The van der Waals surface area contributed by atoms with Crippen LogP contribution in [-0.2, 0) is 6.54 Å². The topological polar surface area (TPSA) is 75.4 Å². The van der Waals surface area contributed by atoms with Gasteiger partial charge in [0.05, 0.1) is 17.7 Å². The maximum absolute atomic E-state index is 12.7. The number of hydrogen-bond donors (Lipinski definition) is 0. The molecule has 0 aromatic carbocycles. The lowest BCUT2D eigenvalue weighted by molar-refractivity contribution is 0.0764. The Balaban J connectivity index is 1.34. The fourth-order valence-electron chi connectivity index (χ4n) is 3.32. The molecule has 1 saturated heterocycles. The highest BCUT2D eigenvalue weighted by Gasteiger charge is 2.26. The first-order valence-electron chi connectivity index (χ1n) is 8.94. The molecule has 2 aromatic heterocycles. The quantitative estimate of drug-likeness (QED) is 0.833. The molecular weight excluding hydrogens is 338 g/mol. The molecule has 25 heavy (non-hydrogen) atoms. The lowest BCUT2D eigenvalue weighted by atomic mass is 9.85. The molecule has 3 heterocycles. The number of carbonyl (C=O) groups is 1. The summed E-state index contributed by atoms with van der Waals surface area (Å²) >= 11 is 1.43. The van der Waals surface area contributed by atoms with Crippen molar-refractivity contribution in [2.75, 3.05) is 26.2 Å². The van der Waals surface area contributed by atoms with E-state index in [1.54, 1.807) is 5.51 Å². The van der Waals surface area contributed by atoms with Crippen LogP contribution < -0.4 is 0 Å². The molecule has 1 amide bonds. The first-order valence-corrected chi connectivity index (χ1v) is 9.82. The van der Waals surface area contributed by atoms with Gasteiger partial charge in [-0.1, -0.05) is 6.42 Å². The van der Waals surface area contributed by atoms with Crippen molar-refractivity contribution in [2.45, 2.75) is 45.1 Å². The van der Waals surface area contributed by atoms with E-state index < -0.39 is 0 Å². The third-order valence-electron chi connectivity index (χ3n) is 5.11. The molecule has 4 rings (SSSR count). The zero-order valence-corrected chi connectivity index (χ0v) is 15.3. The van der Waals surface area contributed by atoms with Crippen molar-refractivity contribution >= 4 is 17.2 Å². The number of amides is 1. The van der Waals surface area contributed by atoms with Crippen LogP contribution in [0.15, 0.2) is 9.93 Å². The van der Waals surface area contributed by atoms with Crippen molar-refractivity contribution in [2.24, 2.45) is 0 Å². The molecule has 0 atom stereocenters. The van der Waals surface area contributed by atoms with Gasteiger partial charge in [0.1, 0.15) is 4.88 Å². The number of aromatic nitrogens is 3. The second-order valence-electron chi connectivity index (χ2n) is 6.85. The second-order valence-corrected chi connectivity index (χ2v) is 7.71. The molecule has 0 unspecified atom stereocenters. The van der Waals surface area contributed by atoms with Gasteiger partial charge in [-0.15, -0.1) is 21.5 Å². The molecule has 1 saturated carbocycles. The van der Waals surface area contributed by atoms with Crippen LogP contribution in [-0.4, -0.2) is 57.1 Å². The third kappa shape index (κ3) is 3.59. The zero-order chi connectivity index (χ0) is 17.2. The number of aryl methyl sites for hydroxylation is 1. The number of carbonyl (C=O) groups excluding carboxylic acids is 1. The van der Waals surface area contributed by atoms with Gasteiger partial charge in [0.25, 0.3) is 5.91 Å². The predicted octanol–water partition coefficient (Wildman–Crippen LogP) is 2.45. The van der Waals surface area contributed by atoms with Crippen LogP contribution in [0.3, 0.4) is 0 Å². The summed E-state index contributed by atoms with van der Waals surface area (Å²) in [5, 5.41) is 8.41. The average molecular weight is 361 g/mol. The molecule has 2 aliphatic rings.